The van der Waals surface area contributed by atoms with E-state index in [-0.39, 0.29) is 6.54 Å². The number of ether oxygens (including phenoxy) is 1. The molecule has 0 spiro atoms. The van der Waals surface area contributed by atoms with Crippen molar-refractivity contribution in [2.75, 3.05) is 5.73 Å². The summed E-state index contributed by atoms with van der Waals surface area (Å²) in [6.07, 6.45) is -0.00204. The van der Waals surface area contributed by atoms with E-state index >= 15 is 0 Å². The van der Waals surface area contributed by atoms with Crippen molar-refractivity contribution in [2.24, 2.45) is 0 Å². The van der Waals surface area contributed by atoms with E-state index in [0.29, 0.717) is 11.4 Å². The number of aryl methyl sites for hydroxylation is 1. The molecular weight excluding hydrogens is 316 g/mol. The predicted octanol–water partition coefficient (Wildman–Crippen LogP) is 4.90. The van der Waals surface area contributed by atoms with E-state index in [4.69, 9.17) is 10.5 Å². The van der Waals surface area contributed by atoms with Gasteiger partial charge in [0, 0.05) is 11.2 Å². The van der Waals surface area contributed by atoms with Crippen LogP contribution < -0.4 is 10.5 Å². The highest BCUT2D eigenvalue weighted by Gasteiger charge is 2.26. The molecule has 0 heterocycles. The predicted molar refractivity (Wildman–Crippen MR) is 100 cm³/mol. The van der Waals surface area contributed by atoms with Crippen LogP contribution in [0.15, 0.2) is 42.5 Å². The Labute approximate surface area is 149 Å². The molecule has 2 aromatic rings. The molecule has 0 radical (unpaired) electrons. The molecule has 3 N–H and O–H groups in total. The van der Waals surface area contributed by atoms with Crippen LogP contribution >= 0.6 is 0 Å². The zero-order chi connectivity index (χ0) is 18.6. The van der Waals surface area contributed by atoms with Crippen LogP contribution in [-0.2, 0) is 13.0 Å². The second-order valence-corrected chi connectivity index (χ2v) is 7.00. The first-order chi connectivity index (χ1) is 11.7. The summed E-state index contributed by atoms with van der Waals surface area (Å²) in [7, 11) is 0. The molecule has 2 rings (SSSR count). The van der Waals surface area contributed by atoms with Crippen LogP contribution in [0.5, 0.6) is 11.5 Å². The van der Waals surface area contributed by atoms with Crippen LogP contribution in [0.2, 0.25) is 0 Å². The molecule has 5 heteroatoms. The lowest BCUT2D eigenvalue weighted by Gasteiger charge is -2.33. The Balaban J connectivity index is 2.22. The number of benzene rings is 2. The van der Waals surface area contributed by atoms with Crippen molar-refractivity contribution in [3.63, 3.8) is 0 Å². The third-order valence-electron chi connectivity index (χ3n) is 4.05. The molecular formula is C20H26N2O3. The molecule has 5 nitrogen and oxygen atoms in total. The Morgan fingerprint density at radius 2 is 1.72 bits per heavy atom. The summed E-state index contributed by atoms with van der Waals surface area (Å²) in [4.78, 5) is 12.9. The van der Waals surface area contributed by atoms with Gasteiger partial charge in [-0.15, -0.1) is 0 Å². The van der Waals surface area contributed by atoms with Crippen LogP contribution in [0.1, 0.15) is 38.8 Å². The summed E-state index contributed by atoms with van der Waals surface area (Å²) < 4.78 is 5.88. The molecule has 0 aliphatic carbocycles. The molecule has 134 valence electrons. The summed E-state index contributed by atoms with van der Waals surface area (Å²) in [6.45, 7) is 7.87. The smallest absolute Gasteiger partial charge is 0.408 e. The average molecular weight is 342 g/mol. The van der Waals surface area contributed by atoms with Crippen molar-refractivity contribution >= 4 is 11.8 Å². The van der Waals surface area contributed by atoms with Crippen LogP contribution in [0.25, 0.3) is 0 Å². The van der Waals surface area contributed by atoms with Crippen LogP contribution in [-0.4, -0.2) is 21.6 Å². The highest BCUT2D eigenvalue weighted by Crippen LogP contribution is 2.28. The van der Waals surface area contributed by atoms with Gasteiger partial charge in [-0.25, -0.2) is 4.79 Å². The zero-order valence-electron chi connectivity index (χ0n) is 15.2. The van der Waals surface area contributed by atoms with Crippen molar-refractivity contribution in [3.8, 4) is 11.5 Å². The quantitative estimate of drug-likeness (QED) is 0.758. The maximum atomic E-state index is 11.6. The molecule has 0 saturated carbocycles. The van der Waals surface area contributed by atoms with E-state index in [1.54, 1.807) is 18.2 Å². The minimum absolute atomic E-state index is 0.205. The number of rotatable bonds is 5. The van der Waals surface area contributed by atoms with E-state index in [1.807, 2.05) is 45.0 Å². The largest absolute Gasteiger partial charge is 0.465 e. The molecule has 0 unspecified atom stereocenters. The van der Waals surface area contributed by atoms with Crippen LogP contribution in [0.3, 0.4) is 0 Å². The Bertz CT molecular complexity index is 734. The summed E-state index contributed by atoms with van der Waals surface area (Å²) >= 11 is 0. The molecule has 0 atom stereocenters. The molecule has 2 aromatic carbocycles. The first-order valence-corrected chi connectivity index (χ1v) is 8.36. The highest BCUT2D eigenvalue weighted by molar-refractivity contribution is 5.66. The number of carbonyl (C=O) groups is 1. The zero-order valence-corrected chi connectivity index (χ0v) is 15.2. The van der Waals surface area contributed by atoms with Gasteiger partial charge in [0.25, 0.3) is 0 Å². The second kappa shape index (κ2) is 7.47. The number of carboxylic acid groups (broad SMARTS) is 1. The minimum atomic E-state index is -0.978. The van der Waals surface area contributed by atoms with E-state index in [2.05, 4.69) is 6.92 Å². The van der Waals surface area contributed by atoms with Crippen molar-refractivity contribution in [2.45, 2.75) is 46.2 Å². The molecule has 0 aromatic heterocycles. The lowest BCUT2D eigenvalue weighted by Crippen LogP contribution is -2.44. The maximum absolute atomic E-state index is 11.6. The third kappa shape index (κ3) is 4.89. The van der Waals surface area contributed by atoms with Gasteiger partial charge < -0.3 is 15.6 Å². The summed E-state index contributed by atoms with van der Waals surface area (Å²) in [5.41, 5.74) is 8.03. The third-order valence-corrected chi connectivity index (χ3v) is 4.05. The molecule has 0 aliphatic rings. The standard InChI is InChI=1S/C20H26N2O3/c1-5-14-6-8-16(9-7-14)25-17-10-11-18(21)15(12-17)13-22(19(23)24)20(2,3)4/h6-12H,5,13,21H2,1-4H3,(H,23,24). The van der Waals surface area contributed by atoms with Gasteiger partial charge in [0.15, 0.2) is 0 Å². The number of hydrogen-bond donors (Lipinski definition) is 2. The molecule has 0 saturated heterocycles. The van der Waals surface area contributed by atoms with Crippen molar-refractivity contribution in [3.05, 3.63) is 53.6 Å². The number of nitrogens with zero attached hydrogens (tertiary/aromatic N) is 1. The van der Waals surface area contributed by atoms with Crippen molar-refractivity contribution < 1.29 is 14.6 Å². The maximum Gasteiger partial charge on any atom is 0.408 e. The fraction of sp³-hybridized carbons (Fsp3) is 0.350. The normalized spacial score (nSPS) is 11.2. The lowest BCUT2D eigenvalue weighted by molar-refractivity contribution is 0.0956. The van der Waals surface area contributed by atoms with E-state index in [0.717, 1.165) is 17.7 Å². The Hall–Kier alpha value is -2.69. The highest BCUT2D eigenvalue weighted by atomic mass is 16.5. The van der Waals surface area contributed by atoms with E-state index in [1.165, 1.54) is 10.5 Å². The van der Waals surface area contributed by atoms with Gasteiger partial charge in [-0.05, 0) is 68.7 Å². The number of nitrogen functional groups attached to an aromatic ring is 1. The van der Waals surface area contributed by atoms with Gasteiger partial charge in [0.05, 0.1) is 6.54 Å². The van der Waals surface area contributed by atoms with Gasteiger partial charge in [-0.1, -0.05) is 19.1 Å². The van der Waals surface area contributed by atoms with Gasteiger partial charge in [0.2, 0.25) is 0 Å². The van der Waals surface area contributed by atoms with Crippen molar-refractivity contribution in [1.29, 1.82) is 0 Å². The topological polar surface area (TPSA) is 75.8 Å². The molecule has 1 amide bonds. The molecule has 0 bridgehead atoms. The summed E-state index contributed by atoms with van der Waals surface area (Å²) in [5, 5.41) is 9.47. The Kier molecular flexibility index (Phi) is 5.57. The number of nitrogens with two attached hydrogens (primary N) is 1. The first-order valence-electron chi connectivity index (χ1n) is 8.36. The number of anilines is 1. The fourth-order valence-corrected chi connectivity index (χ4v) is 2.47. The van der Waals surface area contributed by atoms with Crippen LogP contribution in [0.4, 0.5) is 10.5 Å². The van der Waals surface area contributed by atoms with E-state index < -0.39 is 11.6 Å². The fourth-order valence-electron chi connectivity index (χ4n) is 2.47. The van der Waals surface area contributed by atoms with Crippen LogP contribution in [0, 0.1) is 0 Å². The Morgan fingerprint density at radius 1 is 1.12 bits per heavy atom. The monoisotopic (exact) mass is 342 g/mol. The Morgan fingerprint density at radius 3 is 2.24 bits per heavy atom. The SMILES string of the molecule is CCc1ccc(Oc2ccc(N)c(CN(C(=O)O)C(C)(C)C)c2)cc1. The first kappa shape index (κ1) is 18.6. The number of amides is 1. The average Bonchev–Trinajstić information content (AvgIpc) is 2.54. The summed E-state index contributed by atoms with van der Waals surface area (Å²) in [6, 6.07) is 13.2. The molecule has 0 aliphatic heterocycles. The van der Waals surface area contributed by atoms with Gasteiger partial charge in [0.1, 0.15) is 11.5 Å². The number of hydrogen-bond acceptors (Lipinski definition) is 3. The molecule has 25 heavy (non-hydrogen) atoms. The summed E-state index contributed by atoms with van der Waals surface area (Å²) in [5.74, 6) is 1.37. The van der Waals surface area contributed by atoms with Crippen molar-refractivity contribution in [1.82, 2.24) is 4.90 Å². The van der Waals surface area contributed by atoms with Gasteiger partial charge in [-0.3, -0.25) is 4.90 Å². The minimum Gasteiger partial charge on any atom is -0.465 e. The lowest BCUT2D eigenvalue weighted by atomic mass is 10.0. The van der Waals surface area contributed by atoms with E-state index in [9.17, 15) is 9.90 Å². The second-order valence-electron chi connectivity index (χ2n) is 7.00. The van der Waals surface area contributed by atoms with Gasteiger partial charge >= 0.3 is 6.09 Å². The molecule has 0 fully saturated rings. The van der Waals surface area contributed by atoms with Gasteiger partial charge in [-0.2, -0.15) is 0 Å².